The minimum Gasteiger partial charge on any atom is -0.496 e. The molecule has 0 atom stereocenters. The average molecular weight is 346 g/mol. The van der Waals surface area contributed by atoms with E-state index in [0.717, 1.165) is 24.2 Å². The van der Waals surface area contributed by atoms with E-state index in [4.69, 9.17) is 9.47 Å². The Morgan fingerprint density at radius 3 is 2.44 bits per heavy atom. The highest BCUT2D eigenvalue weighted by molar-refractivity contribution is 5.81. The molecule has 0 N–H and O–H groups in total. The molecule has 6 nitrogen and oxygen atoms in total. The highest BCUT2D eigenvalue weighted by Crippen LogP contribution is 2.23. The average Bonchev–Trinajstić information content (AvgIpc) is 2.68. The number of carbonyl (C=O) groups excluding carboxylic acids is 2. The number of rotatable bonds is 4. The zero-order valence-electron chi connectivity index (χ0n) is 14.8. The van der Waals surface area contributed by atoms with Crippen LogP contribution in [0.4, 0.5) is 0 Å². The van der Waals surface area contributed by atoms with Crippen LogP contribution in [0.5, 0.6) is 5.75 Å². The van der Waals surface area contributed by atoms with Crippen molar-refractivity contribution in [1.82, 2.24) is 9.80 Å². The molecule has 2 amide bonds. The summed E-state index contributed by atoms with van der Waals surface area (Å²) in [5.74, 6) is 1.10. The smallest absolute Gasteiger partial charge is 0.227 e. The second-order valence-corrected chi connectivity index (χ2v) is 6.58. The van der Waals surface area contributed by atoms with Crippen LogP contribution in [-0.2, 0) is 20.7 Å². The summed E-state index contributed by atoms with van der Waals surface area (Å²) >= 11 is 0. The van der Waals surface area contributed by atoms with Crippen molar-refractivity contribution in [3.8, 4) is 5.75 Å². The summed E-state index contributed by atoms with van der Waals surface area (Å²) in [6.45, 7) is 3.92. The van der Waals surface area contributed by atoms with Gasteiger partial charge in [-0.25, -0.2) is 0 Å². The number of morpholine rings is 1. The third kappa shape index (κ3) is 4.31. The second kappa shape index (κ2) is 8.34. The molecule has 0 radical (unpaired) electrons. The Bertz CT molecular complexity index is 605. The number of ether oxygens (including phenoxy) is 2. The van der Waals surface area contributed by atoms with Gasteiger partial charge in [-0.3, -0.25) is 9.59 Å². The third-order valence-corrected chi connectivity index (χ3v) is 5.05. The van der Waals surface area contributed by atoms with E-state index in [1.807, 2.05) is 34.1 Å². The summed E-state index contributed by atoms with van der Waals surface area (Å²) in [5.41, 5.74) is 0.904. The van der Waals surface area contributed by atoms with Crippen molar-refractivity contribution in [3.05, 3.63) is 29.8 Å². The second-order valence-electron chi connectivity index (χ2n) is 6.58. The molecule has 25 heavy (non-hydrogen) atoms. The van der Waals surface area contributed by atoms with Crippen molar-refractivity contribution >= 4 is 11.8 Å². The predicted octanol–water partition coefficient (Wildman–Crippen LogP) is 1.34. The van der Waals surface area contributed by atoms with Crippen LogP contribution in [0.15, 0.2) is 24.3 Å². The fourth-order valence-corrected chi connectivity index (χ4v) is 3.54. The maximum Gasteiger partial charge on any atom is 0.227 e. The Morgan fingerprint density at radius 2 is 1.76 bits per heavy atom. The van der Waals surface area contributed by atoms with Crippen LogP contribution in [0.3, 0.4) is 0 Å². The lowest BCUT2D eigenvalue weighted by Gasteiger charge is -2.35. The molecule has 0 spiro atoms. The van der Waals surface area contributed by atoms with Crippen LogP contribution in [0, 0.1) is 5.92 Å². The van der Waals surface area contributed by atoms with E-state index >= 15 is 0 Å². The number of nitrogens with zero attached hydrogens (tertiary/aromatic N) is 2. The van der Waals surface area contributed by atoms with Gasteiger partial charge >= 0.3 is 0 Å². The molecule has 2 aliphatic rings. The molecule has 0 aromatic heterocycles. The molecule has 0 unspecified atom stereocenters. The van der Waals surface area contributed by atoms with Crippen LogP contribution < -0.4 is 4.74 Å². The van der Waals surface area contributed by atoms with Gasteiger partial charge < -0.3 is 19.3 Å². The Hall–Kier alpha value is -2.08. The maximum absolute atomic E-state index is 12.6. The highest BCUT2D eigenvalue weighted by atomic mass is 16.5. The first kappa shape index (κ1) is 17.7. The van der Waals surface area contributed by atoms with Gasteiger partial charge in [-0.15, -0.1) is 0 Å². The fourth-order valence-electron chi connectivity index (χ4n) is 3.54. The van der Waals surface area contributed by atoms with Gasteiger partial charge in [-0.2, -0.15) is 0 Å². The number of hydrogen-bond donors (Lipinski definition) is 0. The number of likely N-dealkylation sites (tertiary alicyclic amines) is 1. The van der Waals surface area contributed by atoms with E-state index in [-0.39, 0.29) is 17.7 Å². The van der Waals surface area contributed by atoms with E-state index in [9.17, 15) is 9.59 Å². The molecule has 2 fully saturated rings. The first-order valence-corrected chi connectivity index (χ1v) is 8.95. The van der Waals surface area contributed by atoms with Crippen LogP contribution in [0.1, 0.15) is 18.4 Å². The SMILES string of the molecule is COc1ccccc1CC(=O)N1CCC(C(=O)N2CCOCC2)CC1. The molecular formula is C19H26N2O4. The monoisotopic (exact) mass is 346 g/mol. The molecule has 1 aromatic rings. The molecule has 0 saturated carbocycles. The normalized spacial score (nSPS) is 18.9. The fraction of sp³-hybridized carbons (Fsp3) is 0.579. The third-order valence-electron chi connectivity index (χ3n) is 5.05. The van der Waals surface area contributed by atoms with Gasteiger partial charge in [0.2, 0.25) is 11.8 Å². The van der Waals surface area contributed by atoms with Gasteiger partial charge in [0, 0.05) is 37.7 Å². The Labute approximate surface area is 148 Å². The molecule has 3 rings (SSSR count). The summed E-state index contributed by atoms with van der Waals surface area (Å²) in [7, 11) is 1.62. The quantitative estimate of drug-likeness (QED) is 0.825. The number of carbonyl (C=O) groups is 2. The predicted molar refractivity (Wildman–Crippen MR) is 93.4 cm³/mol. The molecular weight excluding hydrogens is 320 g/mol. The number of piperidine rings is 1. The van der Waals surface area contributed by atoms with Crippen molar-refractivity contribution < 1.29 is 19.1 Å². The number of methoxy groups -OCH3 is 1. The van der Waals surface area contributed by atoms with Crippen molar-refractivity contribution in [2.45, 2.75) is 19.3 Å². The molecule has 0 bridgehead atoms. The largest absolute Gasteiger partial charge is 0.496 e. The Balaban J connectivity index is 1.51. The molecule has 2 saturated heterocycles. The highest BCUT2D eigenvalue weighted by Gasteiger charge is 2.30. The Kier molecular flexibility index (Phi) is 5.91. The van der Waals surface area contributed by atoms with Gasteiger partial charge in [-0.1, -0.05) is 18.2 Å². The molecule has 2 aliphatic heterocycles. The molecule has 136 valence electrons. The topological polar surface area (TPSA) is 59.1 Å². The zero-order valence-corrected chi connectivity index (χ0v) is 14.8. The van der Waals surface area contributed by atoms with Gasteiger partial charge in [0.05, 0.1) is 26.7 Å². The summed E-state index contributed by atoms with van der Waals surface area (Å²) in [4.78, 5) is 28.9. The van der Waals surface area contributed by atoms with Gasteiger partial charge in [-0.05, 0) is 18.9 Å². The molecule has 1 aromatic carbocycles. The number of benzene rings is 1. The lowest BCUT2D eigenvalue weighted by atomic mass is 9.94. The first-order chi connectivity index (χ1) is 12.2. The van der Waals surface area contributed by atoms with Crippen LogP contribution in [0.25, 0.3) is 0 Å². The van der Waals surface area contributed by atoms with Crippen molar-refractivity contribution in [2.24, 2.45) is 5.92 Å². The number of para-hydroxylation sites is 1. The number of hydrogen-bond acceptors (Lipinski definition) is 4. The van der Waals surface area contributed by atoms with E-state index in [1.165, 1.54) is 0 Å². The minimum atomic E-state index is 0.0356. The van der Waals surface area contributed by atoms with Crippen molar-refractivity contribution in [3.63, 3.8) is 0 Å². The van der Waals surface area contributed by atoms with Crippen LogP contribution >= 0.6 is 0 Å². The van der Waals surface area contributed by atoms with Gasteiger partial charge in [0.15, 0.2) is 0 Å². The van der Waals surface area contributed by atoms with Crippen molar-refractivity contribution in [2.75, 3.05) is 46.5 Å². The van der Waals surface area contributed by atoms with E-state index in [0.29, 0.717) is 45.8 Å². The minimum absolute atomic E-state index is 0.0356. The summed E-state index contributed by atoms with van der Waals surface area (Å²) in [5, 5.41) is 0. The standard InChI is InChI=1S/C19H26N2O4/c1-24-17-5-3-2-4-16(17)14-18(22)20-8-6-15(7-9-20)19(23)21-10-12-25-13-11-21/h2-5,15H,6-14H2,1H3. The van der Waals surface area contributed by atoms with Crippen LogP contribution in [0.2, 0.25) is 0 Å². The zero-order chi connectivity index (χ0) is 17.6. The summed E-state index contributed by atoms with van der Waals surface area (Å²) in [6, 6.07) is 7.61. The van der Waals surface area contributed by atoms with Crippen molar-refractivity contribution in [1.29, 1.82) is 0 Å². The molecule has 0 aliphatic carbocycles. The molecule has 2 heterocycles. The first-order valence-electron chi connectivity index (χ1n) is 8.95. The maximum atomic E-state index is 12.6. The Morgan fingerprint density at radius 1 is 1.08 bits per heavy atom. The van der Waals surface area contributed by atoms with E-state index in [1.54, 1.807) is 7.11 Å². The van der Waals surface area contributed by atoms with Gasteiger partial charge in [0.25, 0.3) is 0 Å². The van der Waals surface area contributed by atoms with Gasteiger partial charge in [0.1, 0.15) is 5.75 Å². The number of amides is 2. The lowest BCUT2D eigenvalue weighted by Crippen LogP contribution is -2.47. The van der Waals surface area contributed by atoms with Crippen LogP contribution in [-0.4, -0.2) is 68.1 Å². The summed E-state index contributed by atoms with van der Waals surface area (Å²) in [6.07, 6.45) is 1.83. The van der Waals surface area contributed by atoms with E-state index < -0.39 is 0 Å². The van der Waals surface area contributed by atoms with E-state index in [2.05, 4.69) is 0 Å². The lowest BCUT2D eigenvalue weighted by molar-refractivity contribution is -0.143. The summed E-state index contributed by atoms with van der Waals surface area (Å²) < 4.78 is 10.6. The molecule has 6 heteroatoms.